The van der Waals surface area contributed by atoms with Crippen LogP contribution in [0.25, 0.3) is 0 Å². The van der Waals surface area contributed by atoms with E-state index in [1.807, 2.05) is 6.92 Å². The lowest BCUT2D eigenvalue weighted by atomic mass is 10.1. The van der Waals surface area contributed by atoms with Crippen LogP contribution in [0.15, 0.2) is 11.1 Å². The molecule has 1 aliphatic heterocycles. The molecule has 0 spiro atoms. The van der Waals surface area contributed by atoms with E-state index in [-0.39, 0.29) is 22.9 Å². The van der Waals surface area contributed by atoms with Crippen molar-refractivity contribution in [2.75, 3.05) is 12.3 Å². The summed E-state index contributed by atoms with van der Waals surface area (Å²) < 4.78 is 34.1. The Kier molecular flexibility index (Phi) is 4.12. The molecular weight excluding hydrogens is 268 g/mol. The van der Waals surface area contributed by atoms with Crippen LogP contribution in [0, 0.1) is 0 Å². The maximum absolute atomic E-state index is 12.2. The molecule has 0 saturated carbocycles. The van der Waals surface area contributed by atoms with Crippen LogP contribution in [0.2, 0.25) is 0 Å². The van der Waals surface area contributed by atoms with Crippen LogP contribution in [-0.4, -0.2) is 37.0 Å². The second kappa shape index (κ2) is 5.48. The average Bonchev–Trinajstić information content (AvgIpc) is 2.96. The molecule has 0 bridgehead atoms. The molecule has 1 aliphatic rings. The number of sulfonamides is 1. The summed E-state index contributed by atoms with van der Waals surface area (Å²) in [5.74, 6) is 0.0221. The van der Waals surface area contributed by atoms with Crippen molar-refractivity contribution in [3.63, 3.8) is 0 Å². The molecule has 3 N–H and O–H groups in total. The fraction of sp³-hybridized carbons (Fsp3) is 0.727. The number of rotatable bonds is 5. The monoisotopic (exact) mass is 288 g/mol. The van der Waals surface area contributed by atoms with Crippen molar-refractivity contribution >= 4 is 15.8 Å². The second-order valence-corrected chi connectivity index (χ2v) is 6.38. The molecule has 2 heterocycles. The molecule has 2 atom stereocenters. The molecule has 19 heavy (non-hydrogen) atoms. The third kappa shape index (κ3) is 3.07. The Morgan fingerprint density at radius 3 is 2.95 bits per heavy atom. The lowest BCUT2D eigenvalue weighted by Crippen LogP contribution is -2.40. The largest absolute Gasteiger partial charge is 0.381 e. The molecule has 1 saturated heterocycles. The summed E-state index contributed by atoms with van der Waals surface area (Å²) in [5, 5.41) is 3.94. The van der Waals surface area contributed by atoms with Crippen molar-refractivity contribution in [1.29, 1.82) is 0 Å². The summed E-state index contributed by atoms with van der Waals surface area (Å²) in [6.07, 6.45) is 3.21. The minimum atomic E-state index is -3.66. The summed E-state index contributed by atoms with van der Waals surface area (Å²) in [5.41, 5.74) is 5.65. The summed E-state index contributed by atoms with van der Waals surface area (Å²) in [4.78, 5) is 0.0270. The number of nitrogens with two attached hydrogens (primary N) is 1. The second-order valence-electron chi connectivity index (χ2n) is 4.70. The zero-order valence-electron chi connectivity index (χ0n) is 11.2. The van der Waals surface area contributed by atoms with Crippen LogP contribution in [0.5, 0.6) is 0 Å². The molecule has 2 rings (SSSR count). The number of hydrogen-bond donors (Lipinski definition) is 2. The van der Waals surface area contributed by atoms with Crippen LogP contribution in [-0.2, 0) is 21.3 Å². The lowest BCUT2D eigenvalue weighted by Gasteiger charge is -2.19. The van der Waals surface area contributed by atoms with Gasteiger partial charge in [-0.05, 0) is 26.7 Å². The Balaban J connectivity index is 2.14. The fourth-order valence-electron chi connectivity index (χ4n) is 2.17. The van der Waals surface area contributed by atoms with Crippen LogP contribution in [0.4, 0.5) is 5.82 Å². The van der Waals surface area contributed by atoms with Gasteiger partial charge in [0.15, 0.2) is 5.82 Å². The minimum absolute atomic E-state index is 0.0221. The van der Waals surface area contributed by atoms with Gasteiger partial charge in [-0.2, -0.15) is 5.10 Å². The maximum Gasteiger partial charge on any atom is 0.246 e. The molecule has 1 fully saturated rings. The Morgan fingerprint density at radius 2 is 2.42 bits per heavy atom. The lowest BCUT2D eigenvalue weighted by molar-refractivity contribution is 0.0902. The highest BCUT2D eigenvalue weighted by Crippen LogP contribution is 2.20. The Labute approximate surface area is 113 Å². The third-order valence-corrected chi connectivity index (χ3v) is 4.81. The predicted octanol–water partition coefficient (Wildman–Crippen LogP) is 0.331. The molecule has 0 aliphatic carbocycles. The summed E-state index contributed by atoms with van der Waals surface area (Å²) in [6, 6.07) is -0.281. The first-order valence-electron chi connectivity index (χ1n) is 6.41. The Morgan fingerprint density at radius 1 is 1.68 bits per heavy atom. The molecule has 7 nitrogen and oxygen atoms in total. The zero-order valence-corrected chi connectivity index (χ0v) is 12.0. The first-order chi connectivity index (χ1) is 8.94. The van der Waals surface area contributed by atoms with Crippen molar-refractivity contribution < 1.29 is 13.2 Å². The molecule has 8 heteroatoms. The number of aryl methyl sites for hydroxylation is 1. The van der Waals surface area contributed by atoms with Crippen molar-refractivity contribution in [1.82, 2.24) is 14.5 Å². The van der Waals surface area contributed by atoms with Crippen LogP contribution < -0.4 is 10.5 Å². The highest BCUT2D eigenvalue weighted by Gasteiger charge is 2.29. The van der Waals surface area contributed by atoms with E-state index < -0.39 is 10.0 Å². The van der Waals surface area contributed by atoms with Gasteiger partial charge < -0.3 is 10.5 Å². The molecule has 2 unspecified atom stereocenters. The van der Waals surface area contributed by atoms with Gasteiger partial charge in [-0.3, -0.25) is 4.68 Å². The number of anilines is 1. The van der Waals surface area contributed by atoms with E-state index in [2.05, 4.69) is 9.82 Å². The average molecular weight is 288 g/mol. The normalized spacial score (nSPS) is 21.7. The van der Waals surface area contributed by atoms with Gasteiger partial charge in [0.25, 0.3) is 0 Å². The number of aromatic nitrogens is 2. The van der Waals surface area contributed by atoms with Gasteiger partial charge in [-0.15, -0.1) is 0 Å². The van der Waals surface area contributed by atoms with E-state index in [4.69, 9.17) is 10.5 Å². The molecule has 1 aromatic rings. The van der Waals surface area contributed by atoms with Crippen LogP contribution in [0.1, 0.15) is 26.7 Å². The number of nitrogens with one attached hydrogen (secondary N) is 1. The first-order valence-corrected chi connectivity index (χ1v) is 7.89. The summed E-state index contributed by atoms with van der Waals surface area (Å²) in [7, 11) is -3.66. The zero-order chi connectivity index (χ0) is 14.0. The fourth-order valence-corrected chi connectivity index (χ4v) is 3.51. The number of ether oxygens (including phenoxy) is 1. The van der Waals surface area contributed by atoms with Gasteiger partial charge in [-0.25, -0.2) is 13.1 Å². The van der Waals surface area contributed by atoms with Crippen LogP contribution >= 0.6 is 0 Å². The van der Waals surface area contributed by atoms with E-state index in [1.54, 1.807) is 6.92 Å². The minimum Gasteiger partial charge on any atom is -0.381 e. The van der Waals surface area contributed by atoms with Gasteiger partial charge in [0.05, 0.1) is 6.10 Å². The van der Waals surface area contributed by atoms with Gasteiger partial charge >= 0.3 is 0 Å². The topological polar surface area (TPSA) is 99.2 Å². The van der Waals surface area contributed by atoms with Gasteiger partial charge in [0.1, 0.15) is 4.90 Å². The standard InChI is InChI=1S/C11H20N4O3S/c1-3-15-7-10(11(12)13-15)19(16,17)14-8(2)9-5-4-6-18-9/h7-9,14H,3-6H2,1-2H3,(H2,12,13). The maximum atomic E-state index is 12.2. The van der Waals surface area contributed by atoms with Crippen molar-refractivity contribution in [2.45, 2.75) is 50.3 Å². The SMILES string of the molecule is CCn1cc(S(=O)(=O)NC(C)C2CCCO2)c(N)n1. The summed E-state index contributed by atoms with van der Waals surface area (Å²) in [6.45, 7) is 4.92. The van der Waals surface area contributed by atoms with Gasteiger partial charge in [0, 0.05) is 25.4 Å². The van der Waals surface area contributed by atoms with Crippen LogP contribution in [0.3, 0.4) is 0 Å². The molecule has 0 amide bonds. The van der Waals surface area contributed by atoms with E-state index in [9.17, 15) is 8.42 Å². The molecule has 0 radical (unpaired) electrons. The van der Waals surface area contributed by atoms with E-state index in [0.29, 0.717) is 13.2 Å². The van der Waals surface area contributed by atoms with Crippen molar-refractivity contribution in [3.05, 3.63) is 6.20 Å². The van der Waals surface area contributed by atoms with Crippen molar-refractivity contribution in [3.8, 4) is 0 Å². The van der Waals surface area contributed by atoms with E-state index >= 15 is 0 Å². The summed E-state index contributed by atoms with van der Waals surface area (Å²) >= 11 is 0. The Hall–Kier alpha value is -1.12. The van der Waals surface area contributed by atoms with Crippen molar-refractivity contribution in [2.24, 2.45) is 0 Å². The molecular formula is C11H20N4O3S. The number of nitrogens with zero attached hydrogens (tertiary/aromatic N) is 2. The van der Waals surface area contributed by atoms with E-state index in [0.717, 1.165) is 12.8 Å². The molecule has 0 aromatic carbocycles. The molecule has 1 aromatic heterocycles. The first kappa shape index (κ1) is 14.3. The number of nitrogen functional groups attached to an aromatic ring is 1. The quantitative estimate of drug-likeness (QED) is 0.813. The van der Waals surface area contributed by atoms with Gasteiger partial charge in [-0.1, -0.05) is 0 Å². The molecule has 108 valence electrons. The van der Waals surface area contributed by atoms with Gasteiger partial charge in [0.2, 0.25) is 10.0 Å². The third-order valence-electron chi connectivity index (χ3n) is 3.23. The Bertz CT molecular complexity index is 534. The smallest absolute Gasteiger partial charge is 0.246 e. The highest BCUT2D eigenvalue weighted by atomic mass is 32.2. The predicted molar refractivity (Wildman–Crippen MR) is 71.1 cm³/mol. The number of hydrogen-bond acceptors (Lipinski definition) is 5. The highest BCUT2D eigenvalue weighted by molar-refractivity contribution is 7.89. The van der Waals surface area contributed by atoms with E-state index in [1.165, 1.54) is 10.9 Å².